The number of ether oxygens (including phenoxy) is 2. The molecule has 2 N–H and O–H groups in total. The molecular formula is C19H25N3O5. The van der Waals surface area contributed by atoms with Gasteiger partial charge in [0, 0.05) is 37.1 Å². The molecule has 1 atom stereocenters. The van der Waals surface area contributed by atoms with E-state index in [1.165, 1.54) is 0 Å². The molecule has 27 heavy (non-hydrogen) atoms. The van der Waals surface area contributed by atoms with E-state index in [4.69, 9.17) is 9.47 Å². The second-order valence-corrected chi connectivity index (χ2v) is 6.72. The third-order valence-electron chi connectivity index (χ3n) is 4.58. The number of hydrogen-bond acceptors (Lipinski definition) is 5. The van der Waals surface area contributed by atoms with Crippen LogP contribution in [0, 0.1) is 0 Å². The van der Waals surface area contributed by atoms with Crippen molar-refractivity contribution in [2.24, 2.45) is 0 Å². The van der Waals surface area contributed by atoms with Crippen LogP contribution in [0.3, 0.4) is 0 Å². The monoisotopic (exact) mass is 375 g/mol. The van der Waals surface area contributed by atoms with Crippen LogP contribution >= 0.6 is 0 Å². The molecule has 0 aromatic heterocycles. The fraction of sp³-hybridized carbons (Fsp3) is 0.526. The van der Waals surface area contributed by atoms with Crippen LogP contribution in [0.5, 0.6) is 11.5 Å². The molecule has 3 rings (SSSR count). The molecule has 2 aliphatic heterocycles. The molecule has 0 aliphatic carbocycles. The van der Waals surface area contributed by atoms with Crippen molar-refractivity contribution in [3.05, 3.63) is 23.3 Å². The van der Waals surface area contributed by atoms with Crippen LogP contribution in [0.15, 0.2) is 12.1 Å². The van der Waals surface area contributed by atoms with Crippen molar-refractivity contribution in [1.82, 2.24) is 15.5 Å². The second-order valence-electron chi connectivity index (χ2n) is 6.72. The quantitative estimate of drug-likeness (QED) is 0.669. The number of fused-ring (bicyclic) bond motifs is 1. The Bertz CT molecular complexity index is 733. The molecule has 146 valence electrons. The van der Waals surface area contributed by atoms with Crippen LogP contribution in [-0.4, -0.2) is 48.5 Å². The number of hydrogen-bond donors (Lipinski definition) is 2. The molecule has 0 saturated carbocycles. The lowest BCUT2D eigenvalue weighted by Crippen LogP contribution is -2.32. The minimum Gasteiger partial charge on any atom is -0.494 e. The van der Waals surface area contributed by atoms with E-state index in [2.05, 4.69) is 10.6 Å². The van der Waals surface area contributed by atoms with Gasteiger partial charge in [-0.3, -0.25) is 14.5 Å². The zero-order valence-corrected chi connectivity index (χ0v) is 15.7. The van der Waals surface area contributed by atoms with Gasteiger partial charge < -0.3 is 20.1 Å². The van der Waals surface area contributed by atoms with Gasteiger partial charge >= 0.3 is 6.03 Å². The second kappa shape index (κ2) is 8.28. The molecule has 0 radical (unpaired) electrons. The minimum absolute atomic E-state index is 0.0320. The molecule has 4 amide bonds. The summed E-state index contributed by atoms with van der Waals surface area (Å²) in [6.45, 7) is 5.10. The van der Waals surface area contributed by atoms with Crippen LogP contribution in [0.2, 0.25) is 0 Å². The van der Waals surface area contributed by atoms with Crippen molar-refractivity contribution >= 4 is 17.8 Å². The van der Waals surface area contributed by atoms with E-state index in [0.717, 1.165) is 33.9 Å². The third kappa shape index (κ3) is 4.50. The number of nitrogens with zero attached hydrogens (tertiary/aromatic N) is 1. The molecule has 1 fully saturated rings. The number of carbonyl (C=O) groups excluding carboxylic acids is 3. The lowest BCUT2D eigenvalue weighted by molar-refractivity contribution is -0.126. The Balaban J connectivity index is 1.51. The molecule has 1 saturated heterocycles. The van der Waals surface area contributed by atoms with E-state index in [-0.39, 0.29) is 37.4 Å². The Kier molecular flexibility index (Phi) is 5.83. The summed E-state index contributed by atoms with van der Waals surface area (Å²) in [6, 6.07) is 3.52. The average Bonchev–Trinajstić information content (AvgIpc) is 3.15. The molecular weight excluding hydrogens is 350 g/mol. The van der Waals surface area contributed by atoms with Gasteiger partial charge in [0.25, 0.3) is 0 Å². The number of benzene rings is 1. The number of carbonyl (C=O) groups is 3. The predicted molar refractivity (Wildman–Crippen MR) is 97.6 cm³/mol. The van der Waals surface area contributed by atoms with Gasteiger partial charge in [0.15, 0.2) is 0 Å². The smallest absolute Gasteiger partial charge is 0.324 e. The van der Waals surface area contributed by atoms with Crippen molar-refractivity contribution in [3.63, 3.8) is 0 Å². The maximum Gasteiger partial charge on any atom is 0.324 e. The summed E-state index contributed by atoms with van der Waals surface area (Å²) in [5.74, 6) is 1.20. The van der Waals surface area contributed by atoms with Crippen molar-refractivity contribution in [1.29, 1.82) is 0 Å². The van der Waals surface area contributed by atoms with Crippen LogP contribution in [-0.2, 0) is 22.6 Å². The van der Waals surface area contributed by atoms with Crippen molar-refractivity contribution in [2.45, 2.75) is 45.8 Å². The Hall–Kier alpha value is -2.77. The molecule has 8 heteroatoms. The van der Waals surface area contributed by atoms with Crippen molar-refractivity contribution < 1.29 is 23.9 Å². The molecule has 8 nitrogen and oxygen atoms in total. The third-order valence-corrected chi connectivity index (χ3v) is 4.58. The van der Waals surface area contributed by atoms with E-state index in [1.807, 2.05) is 26.0 Å². The summed E-state index contributed by atoms with van der Waals surface area (Å²) in [5, 5.41) is 5.33. The summed E-state index contributed by atoms with van der Waals surface area (Å²) in [6.07, 6.45) is 1.66. The highest BCUT2D eigenvalue weighted by Crippen LogP contribution is 2.35. The first-order chi connectivity index (χ1) is 13.0. The first kappa shape index (κ1) is 19.0. The zero-order valence-electron chi connectivity index (χ0n) is 15.7. The summed E-state index contributed by atoms with van der Waals surface area (Å²) in [5.41, 5.74) is 1.99. The maximum absolute atomic E-state index is 12.1. The molecule has 2 heterocycles. The highest BCUT2D eigenvalue weighted by molar-refractivity contribution is 6.01. The first-order valence-electron chi connectivity index (χ1n) is 9.28. The van der Waals surface area contributed by atoms with Crippen molar-refractivity contribution in [2.75, 3.05) is 19.7 Å². The number of urea groups is 1. The zero-order chi connectivity index (χ0) is 19.4. The first-order valence-corrected chi connectivity index (χ1v) is 9.28. The number of imide groups is 1. The van der Waals surface area contributed by atoms with Gasteiger partial charge in [-0.05, 0) is 32.4 Å². The predicted octanol–water partition coefficient (Wildman–Crippen LogP) is 1.36. The van der Waals surface area contributed by atoms with Gasteiger partial charge in [-0.25, -0.2) is 4.79 Å². The standard InChI is InChI=1S/C19H25N3O5/c1-3-26-15-8-13-7-12(2)27-16(13)9-14(15)10-20-17(23)5-4-6-22-18(24)11-21-19(22)25/h8-9,12H,3-7,10-11H2,1-2H3,(H,20,23)(H,21,25)/t12-/m0/s1. The average molecular weight is 375 g/mol. The number of rotatable bonds is 8. The molecule has 1 aromatic rings. The van der Waals surface area contributed by atoms with Crippen LogP contribution in [0.25, 0.3) is 0 Å². The van der Waals surface area contributed by atoms with E-state index >= 15 is 0 Å². The van der Waals surface area contributed by atoms with E-state index < -0.39 is 6.03 Å². The van der Waals surface area contributed by atoms with Gasteiger partial charge in [0.1, 0.15) is 17.6 Å². The maximum atomic E-state index is 12.1. The normalized spacial score (nSPS) is 18.1. The van der Waals surface area contributed by atoms with Gasteiger partial charge in [0.2, 0.25) is 11.8 Å². The van der Waals surface area contributed by atoms with Gasteiger partial charge in [-0.1, -0.05) is 0 Å². The van der Waals surface area contributed by atoms with E-state index in [0.29, 0.717) is 19.6 Å². The minimum atomic E-state index is -0.394. The molecule has 1 aromatic carbocycles. The lowest BCUT2D eigenvalue weighted by Gasteiger charge is -2.14. The summed E-state index contributed by atoms with van der Waals surface area (Å²) < 4.78 is 11.5. The molecule has 0 unspecified atom stereocenters. The largest absolute Gasteiger partial charge is 0.494 e. The van der Waals surface area contributed by atoms with Crippen LogP contribution in [0.1, 0.15) is 37.8 Å². The Morgan fingerprint density at radius 3 is 2.93 bits per heavy atom. The lowest BCUT2D eigenvalue weighted by atomic mass is 10.1. The SMILES string of the molecule is CCOc1cc2c(cc1CNC(=O)CCCN1C(=O)CNC1=O)O[C@@H](C)C2. The fourth-order valence-corrected chi connectivity index (χ4v) is 3.27. The Labute approximate surface area is 158 Å². The molecule has 2 aliphatic rings. The Morgan fingerprint density at radius 1 is 1.41 bits per heavy atom. The van der Waals surface area contributed by atoms with Gasteiger partial charge in [-0.15, -0.1) is 0 Å². The summed E-state index contributed by atoms with van der Waals surface area (Å²) in [7, 11) is 0. The van der Waals surface area contributed by atoms with Crippen LogP contribution in [0.4, 0.5) is 4.79 Å². The number of amides is 4. The topological polar surface area (TPSA) is 97.0 Å². The van der Waals surface area contributed by atoms with Crippen molar-refractivity contribution in [3.8, 4) is 11.5 Å². The van der Waals surface area contributed by atoms with Crippen LogP contribution < -0.4 is 20.1 Å². The highest BCUT2D eigenvalue weighted by atomic mass is 16.5. The van der Waals surface area contributed by atoms with Gasteiger partial charge in [0.05, 0.1) is 13.2 Å². The number of nitrogens with one attached hydrogen (secondary N) is 2. The fourth-order valence-electron chi connectivity index (χ4n) is 3.27. The Morgan fingerprint density at radius 2 is 2.22 bits per heavy atom. The molecule has 0 bridgehead atoms. The van der Waals surface area contributed by atoms with E-state index in [9.17, 15) is 14.4 Å². The summed E-state index contributed by atoms with van der Waals surface area (Å²) in [4.78, 5) is 36.2. The molecule has 0 spiro atoms. The van der Waals surface area contributed by atoms with Gasteiger partial charge in [-0.2, -0.15) is 0 Å². The van der Waals surface area contributed by atoms with E-state index in [1.54, 1.807) is 0 Å². The highest BCUT2D eigenvalue weighted by Gasteiger charge is 2.27. The summed E-state index contributed by atoms with van der Waals surface area (Å²) >= 11 is 0.